The van der Waals surface area contributed by atoms with Crippen LogP contribution in [0.15, 0.2) is 77.9 Å². The molecule has 3 aromatic carbocycles. The molecule has 7 nitrogen and oxygen atoms in total. The number of carbonyl (C=O) groups is 3. The summed E-state index contributed by atoms with van der Waals surface area (Å²) in [6, 6.07) is 20.6. The molecule has 0 aliphatic carbocycles. The van der Waals surface area contributed by atoms with E-state index in [-0.39, 0.29) is 11.3 Å². The number of halogens is 1. The van der Waals surface area contributed by atoms with Crippen molar-refractivity contribution in [1.29, 1.82) is 0 Å². The molecule has 0 fully saturated rings. The number of nitrogens with zero attached hydrogens (tertiary/aromatic N) is 1. The van der Waals surface area contributed by atoms with Crippen molar-refractivity contribution in [3.63, 3.8) is 0 Å². The van der Waals surface area contributed by atoms with Crippen LogP contribution in [0.3, 0.4) is 0 Å². The highest BCUT2D eigenvalue weighted by Crippen LogP contribution is 2.18. The number of carbonyl (C=O) groups excluding carboxylic acids is 3. The highest BCUT2D eigenvalue weighted by molar-refractivity contribution is 6.40. The lowest BCUT2D eigenvalue weighted by molar-refractivity contribution is -0.136. The zero-order chi connectivity index (χ0) is 22.2. The van der Waals surface area contributed by atoms with E-state index < -0.39 is 17.7 Å². The summed E-state index contributed by atoms with van der Waals surface area (Å²) in [6.07, 6.45) is 1.33. The maximum absolute atomic E-state index is 12.6. The summed E-state index contributed by atoms with van der Waals surface area (Å²) >= 11 is 6.00. The van der Waals surface area contributed by atoms with Crippen molar-refractivity contribution >= 4 is 46.9 Å². The third-order valence-corrected chi connectivity index (χ3v) is 4.55. The molecule has 3 N–H and O–H groups in total. The van der Waals surface area contributed by atoms with Gasteiger partial charge in [-0.05, 0) is 37.3 Å². The maximum Gasteiger partial charge on any atom is 0.329 e. The summed E-state index contributed by atoms with van der Waals surface area (Å²) < 4.78 is 0. The number of hydrazone groups is 1. The van der Waals surface area contributed by atoms with E-state index in [2.05, 4.69) is 21.2 Å². The molecule has 0 unspecified atom stereocenters. The van der Waals surface area contributed by atoms with Crippen molar-refractivity contribution in [2.75, 3.05) is 10.6 Å². The van der Waals surface area contributed by atoms with Crippen molar-refractivity contribution in [3.05, 3.63) is 94.5 Å². The normalized spacial score (nSPS) is 10.5. The SMILES string of the molecule is Cc1ccc(NC(=O)c2ccccc2NC(=O)C(=O)N/N=C\c2ccccc2Cl)cc1. The minimum atomic E-state index is -0.989. The molecule has 0 aliphatic rings. The molecule has 0 radical (unpaired) electrons. The first kappa shape index (κ1) is 21.7. The van der Waals surface area contributed by atoms with Crippen molar-refractivity contribution in [1.82, 2.24) is 5.43 Å². The Morgan fingerprint density at radius 3 is 2.26 bits per heavy atom. The minimum Gasteiger partial charge on any atom is -0.322 e. The van der Waals surface area contributed by atoms with Crippen LogP contribution in [-0.2, 0) is 9.59 Å². The predicted octanol–water partition coefficient (Wildman–Crippen LogP) is 3.99. The Labute approximate surface area is 184 Å². The summed E-state index contributed by atoms with van der Waals surface area (Å²) in [5, 5.41) is 9.39. The van der Waals surface area contributed by atoms with Gasteiger partial charge in [0.1, 0.15) is 0 Å². The lowest BCUT2D eigenvalue weighted by atomic mass is 10.1. The van der Waals surface area contributed by atoms with Gasteiger partial charge in [-0.1, -0.05) is 59.6 Å². The lowest BCUT2D eigenvalue weighted by Crippen LogP contribution is -2.33. The topological polar surface area (TPSA) is 99.7 Å². The van der Waals surface area contributed by atoms with Gasteiger partial charge in [0.05, 0.1) is 17.5 Å². The number of anilines is 2. The molecule has 0 bridgehead atoms. The van der Waals surface area contributed by atoms with Crippen LogP contribution in [0.2, 0.25) is 5.02 Å². The van der Waals surface area contributed by atoms with E-state index in [4.69, 9.17) is 11.6 Å². The highest BCUT2D eigenvalue weighted by Gasteiger charge is 2.17. The van der Waals surface area contributed by atoms with E-state index in [9.17, 15) is 14.4 Å². The first-order chi connectivity index (χ1) is 14.9. The number of rotatable bonds is 5. The van der Waals surface area contributed by atoms with Crippen LogP contribution in [-0.4, -0.2) is 23.9 Å². The van der Waals surface area contributed by atoms with Gasteiger partial charge in [-0.2, -0.15) is 5.10 Å². The zero-order valence-corrected chi connectivity index (χ0v) is 17.3. The molecule has 0 aliphatic heterocycles. The van der Waals surface area contributed by atoms with E-state index >= 15 is 0 Å². The van der Waals surface area contributed by atoms with Crippen LogP contribution in [0, 0.1) is 6.92 Å². The molecule has 0 heterocycles. The Bertz CT molecular complexity index is 1140. The number of para-hydroxylation sites is 1. The molecule has 31 heavy (non-hydrogen) atoms. The second-order valence-corrected chi connectivity index (χ2v) is 6.95. The number of hydrogen-bond acceptors (Lipinski definition) is 4. The first-order valence-corrected chi connectivity index (χ1v) is 9.68. The third-order valence-electron chi connectivity index (χ3n) is 4.21. The summed E-state index contributed by atoms with van der Waals surface area (Å²) in [6.45, 7) is 1.94. The summed E-state index contributed by atoms with van der Waals surface area (Å²) in [5.74, 6) is -2.37. The standard InChI is InChI=1S/C23H19ClN4O3/c1-15-10-12-17(13-11-15)26-21(29)18-7-3-5-9-20(18)27-22(30)23(31)28-25-14-16-6-2-4-8-19(16)24/h2-14H,1H3,(H,26,29)(H,27,30)(H,28,31)/b25-14-. The Morgan fingerprint density at radius 1 is 0.839 bits per heavy atom. The van der Waals surface area contributed by atoms with Crippen molar-refractivity contribution in [2.45, 2.75) is 6.92 Å². The number of amides is 3. The molecule has 0 saturated heterocycles. The smallest absolute Gasteiger partial charge is 0.322 e. The van der Waals surface area contributed by atoms with Gasteiger partial charge < -0.3 is 10.6 Å². The predicted molar refractivity (Wildman–Crippen MR) is 121 cm³/mol. The minimum absolute atomic E-state index is 0.197. The number of nitrogens with one attached hydrogen (secondary N) is 3. The van der Waals surface area contributed by atoms with Gasteiger partial charge in [-0.15, -0.1) is 0 Å². The van der Waals surface area contributed by atoms with E-state index in [1.165, 1.54) is 12.3 Å². The fraction of sp³-hybridized carbons (Fsp3) is 0.0435. The molecule has 0 atom stereocenters. The van der Waals surface area contributed by atoms with Gasteiger partial charge in [0.15, 0.2) is 0 Å². The van der Waals surface area contributed by atoms with Crippen LogP contribution in [0.1, 0.15) is 21.5 Å². The van der Waals surface area contributed by atoms with E-state index in [0.29, 0.717) is 16.3 Å². The number of hydrogen-bond donors (Lipinski definition) is 3. The maximum atomic E-state index is 12.6. The van der Waals surface area contributed by atoms with E-state index in [1.54, 1.807) is 54.6 Å². The Balaban J connectivity index is 1.64. The van der Waals surface area contributed by atoms with Gasteiger partial charge in [-0.3, -0.25) is 14.4 Å². The van der Waals surface area contributed by atoms with Gasteiger partial charge in [0.25, 0.3) is 5.91 Å². The van der Waals surface area contributed by atoms with Crippen LogP contribution in [0.5, 0.6) is 0 Å². The second-order valence-electron chi connectivity index (χ2n) is 6.54. The fourth-order valence-electron chi connectivity index (χ4n) is 2.60. The Morgan fingerprint density at radius 2 is 1.52 bits per heavy atom. The molecule has 0 saturated carbocycles. The molecule has 156 valence electrons. The molecular formula is C23H19ClN4O3. The second kappa shape index (κ2) is 10.2. The number of benzene rings is 3. The Kier molecular flexibility index (Phi) is 7.13. The molecule has 0 spiro atoms. The fourth-order valence-corrected chi connectivity index (χ4v) is 2.78. The Hall–Kier alpha value is -3.97. The van der Waals surface area contributed by atoms with Crippen LogP contribution in [0.4, 0.5) is 11.4 Å². The van der Waals surface area contributed by atoms with E-state index in [1.807, 2.05) is 19.1 Å². The third kappa shape index (κ3) is 6.01. The zero-order valence-electron chi connectivity index (χ0n) is 16.6. The van der Waals surface area contributed by atoms with Gasteiger partial charge in [-0.25, -0.2) is 5.43 Å². The van der Waals surface area contributed by atoms with Crippen molar-refractivity contribution in [3.8, 4) is 0 Å². The largest absolute Gasteiger partial charge is 0.329 e. The summed E-state index contributed by atoms with van der Waals surface area (Å²) in [7, 11) is 0. The molecule has 8 heteroatoms. The van der Waals surface area contributed by atoms with Crippen LogP contribution < -0.4 is 16.1 Å². The van der Waals surface area contributed by atoms with Crippen molar-refractivity contribution in [2.24, 2.45) is 5.10 Å². The molecule has 3 rings (SSSR count). The van der Waals surface area contributed by atoms with Gasteiger partial charge in [0, 0.05) is 16.3 Å². The molecule has 3 amide bonds. The summed E-state index contributed by atoms with van der Waals surface area (Å²) in [4.78, 5) is 36.9. The van der Waals surface area contributed by atoms with Crippen LogP contribution >= 0.6 is 11.6 Å². The van der Waals surface area contributed by atoms with E-state index in [0.717, 1.165) is 5.56 Å². The van der Waals surface area contributed by atoms with Crippen molar-refractivity contribution < 1.29 is 14.4 Å². The lowest BCUT2D eigenvalue weighted by Gasteiger charge is -2.11. The van der Waals surface area contributed by atoms with Gasteiger partial charge >= 0.3 is 11.8 Å². The average Bonchev–Trinajstić information content (AvgIpc) is 2.77. The average molecular weight is 435 g/mol. The first-order valence-electron chi connectivity index (χ1n) is 9.30. The molecule has 0 aromatic heterocycles. The molecule has 3 aromatic rings. The molecular weight excluding hydrogens is 416 g/mol. The number of aryl methyl sites for hydroxylation is 1. The monoisotopic (exact) mass is 434 g/mol. The van der Waals surface area contributed by atoms with Gasteiger partial charge in [0.2, 0.25) is 0 Å². The quantitative estimate of drug-likeness (QED) is 0.321. The summed E-state index contributed by atoms with van der Waals surface area (Å²) in [5.41, 5.74) is 4.80. The highest BCUT2D eigenvalue weighted by atomic mass is 35.5. The van der Waals surface area contributed by atoms with Crippen LogP contribution in [0.25, 0.3) is 0 Å².